The zero-order chi connectivity index (χ0) is 16.4. The Morgan fingerprint density at radius 3 is 2.52 bits per heavy atom. The minimum absolute atomic E-state index is 0. The Morgan fingerprint density at radius 1 is 1.04 bits per heavy atom. The molecule has 1 aliphatic carbocycles. The van der Waals surface area contributed by atoms with E-state index in [1.54, 1.807) is 0 Å². The number of rotatable bonds is 4. The fraction of sp³-hybridized carbons (Fsp3) is 0.500. The number of carbonyl (C=O) groups excluding carboxylic acids is 1. The van der Waals surface area contributed by atoms with Crippen molar-refractivity contribution in [2.24, 2.45) is 5.92 Å². The third-order valence-corrected chi connectivity index (χ3v) is 5.50. The summed E-state index contributed by atoms with van der Waals surface area (Å²) in [7, 11) is 0. The smallest absolute Gasteiger partial charge is 0.205 e. The summed E-state index contributed by atoms with van der Waals surface area (Å²) in [5.74, 6) is 0.625. The summed E-state index contributed by atoms with van der Waals surface area (Å²) in [5.41, 5.74) is 1.73. The minimum Gasteiger partial charge on any atom is -0.352 e. The summed E-state index contributed by atoms with van der Waals surface area (Å²) in [5, 5.41) is 4.12. The number of benzene rings is 1. The molecule has 1 aromatic heterocycles. The number of nitrogens with zero attached hydrogens (tertiary/aromatic N) is 2. The van der Waals surface area contributed by atoms with Gasteiger partial charge in [-0.2, -0.15) is 0 Å². The van der Waals surface area contributed by atoms with Crippen LogP contribution in [-0.2, 0) is 0 Å². The third-order valence-electron chi connectivity index (χ3n) is 5.50. The molecular formula is C20H25ClN2O2. The fourth-order valence-corrected chi connectivity index (χ4v) is 4.25. The summed E-state index contributed by atoms with van der Waals surface area (Å²) >= 11 is 0. The van der Waals surface area contributed by atoms with Crippen LogP contribution in [0.2, 0.25) is 0 Å². The summed E-state index contributed by atoms with van der Waals surface area (Å²) in [6.45, 7) is 2.28. The normalized spacial score (nSPS) is 24.0. The molecule has 0 N–H and O–H groups in total. The fourth-order valence-electron chi connectivity index (χ4n) is 4.25. The molecule has 2 aliphatic rings. The van der Waals surface area contributed by atoms with Gasteiger partial charge in [-0.05, 0) is 38.8 Å². The first-order valence-corrected chi connectivity index (χ1v) is 9.13. The molecule has 1 saturated carbocycles. The van der Waals surface area contributed by atoms with E-state index in [1.165, 1.54) is 19.3 Å². The maximum atomic E-state index is 13.1. The van der Waals surface area contributed by atoms with Crippen LogP contribution in [0.25, 0.3) is 11.3 Å². The molecule has 5 heteroatoms. The van der Waals surface area contributed by atoms with Gasteiger partial charge in [0, 0.05) is 23.6 Å². The van der Waals surface area contributed by atoms with Crippen molar-refractivity contribution in [2.45, 2.75) is 44.6 Å². The first-order chi connectivity index (χ1) is 11.8. The molecule has 134 valence electrons. The molecule has 4 rings (SSSR count). The van der Waals surface area contributed by atoms with Crippen molar-refractivity contribution >= 4 is 18.2 Å². The van der Waals surface area contributed by atoms with Gasteiger partial charge in [0.1, 0.15) is 5.69 Å². The van der Waals surface area contributed by atoms with Gasteiger partial charge in [-0.3, -0.25) is 9.69 Å². The molecule has 2 aromatic rings. The van der Waals surface area contributed by atoms with Gasteiger partial charge < -0.3 is 4.52 Å². The van der Waals surface area contributed by atoms with Crippen LogP contribution in [-0.4, -0.2) is 35.0 Å². The number of hydrogen-bond acceptors (Lipinski definition) is 4. The van der Waals surface area contributed by atoms with Gasteiger partial charge in [-0.15, -0.1) is 12.4 Å². The molecule has 2 atom stereocenters. The van der Waals surface area contributed by atoms with Crippen molar-refractivity contribution in [2.75, 3.05) is 13.1 Å². The lowest BCUT2D eigenvalue weighted by molar-refractivity contribution is 0.0687. The second-order valence-corrected chi connectivity index (χ2v) is 7.01. The Balaban J connectivity index is 0.00000182. The molecule has 1 saturated heterocycles. The summed E-state index contributed by atoms with van der Waals surface area (Å²) < 4.78 is 5.43. The Morgan fingerprint density at radius 2 is 1.76 bits per heavy atom. The number of carbonyl (C=O) groups is 1. The van der Waals surface area contributed by atoms with E-state index < -0.39 is 0 Å². The highest BCUT2D eigenvalue weighted by molar-refractivity contribution is 5.96. The van der Waals surface area contributed by atoms with Gasteiger partial charge in [-0.1, -0.05) is 48.3 Å². The number of Topliss-reactive ketones (excluding diaryl/α,β-unsaturated/α-hetero) is 1. The van der Waals surface area contributed by atoms with E-state index >= 15 is 0 Å². The van der Waals surface area contributed by atoms with Gasteiger partial charge in [0.15, 0.2) is 0 Å². The van der Waals surface area contributed by atoms with E-state index in [9.17, 15) is 4.79 Å². The lowest BCUT2D eigenvalue weighted by atomic mass is 9.80. The van der Waals surface area contributed by atoms with E-state index in [1.807, 2.05) is 36.4 Å². The highest BCUT2D eigenvalue weighted by Crippen LogP contribution is 2.33. The molecule has 2 heterocycles. The van der Waals surface area contributed by atoms with E-state index in [0.717, 1.165) is 43.6 Å². The zero-order valence-electron chi connectivity index (χ0n) is 14.4. The number of likely N-dealkylation sites (tertiary alicyclic amines) is 1. The predicted molar refractivity (Wildman–Crippen MR) is 100 cm³/mol. The lowest BCUT2D eigenvalue weighted by Crippen LogP contribution is -2.44. The first-order valence-electron chi connectivity index (χ1n) is 9.13. The maximum absolute atomic E-state index is 13.1. The Hall–Kier alpha value is -1.65. The molecule has 0 amide bonds. The van der Waals surface area contributed by atoms with Crippen molar-refractivity contribution in [3.8, 4) is 11.3 Å². The van der Waals surface area contributed by atoms with E-state index in [0.29, 0.717) is 11.8 Å². The van der Waals surface area contributed by atoms with Gasteiger partial charge in [0.2, 0.25) is 11.5 Å². The summed E-state index contributed by atoms with van der Waals surface area (Å²) in [4.78, 5) is 15.6. The second kappa shape index (κ2) is 8.15. The van der Waals surface area contributed by atoms with E-state index in [2.05, 4.69) is 10.1 Å². The van der Waals surface area contributed by atoms with Crippen LogP contribution < -0.4 is 0 Å². The van der Waals surface area contributed by atoms with Crippen LogP contribution >= 0.6 is 12.4 Å². The Labute approximate surface area is 155 Å². The first kappa shape index (κ1) is 18.2. The van der Waals surface area contributed by atoms with Gasteiger partial charge >= 0.3 is 0 Å². The van der Waals surface area contributed by atoms with Crippen molar-refractivity contribution in [3.05, 3.63) is 42.2 Å². The second-order valence-electron chi connectivity index (χ2n) is 7.01. The van der Waals surface area contributed by atoms with Gasteiger partial charge in [0.05, 0.1) is 0 Å². The Kier molecular flexibility index (Phi) is 5.92. The molecule has 0 radical (unpaired) electrons. The van der Waals surface area contributed by atoms with Crippen LogP contribution in [0, 0.1) is 5.92 Å². The molecule has 2 unspecified atom stereocenters. The van der Waals surface area contributed by atoms with Crippen LogP contribution in [0.4, 0.5) is 0 Å². The number of hydrogen-bond donors (Lipinski definition) is 0. The molecule has 4 nitrogen and oxygen atoms in total. The number of aromatic nitrogens is 1. The summed E-state index contributed by atoms with van der Waals surface area (Å²) in [6, 6.07) is 12.1. The topological polar surface area (TPSA) is 46.3 Å². The van der Waals surface area contributed by atoms with Crippen LogP contribution in [0.15, 0.2) is 40.9 Å². The van der Waals surface area contributed by atoms with E-state index in [4.69, 9.17) is 4.52 Å². The SMILES string of the molecule is Cl.O=C(c1cc(-c2ccccc2)no1)C1CCCCC1N1CCCC1. The maximum Gasteiger partial charge on any atom is 0.205 e. The van der Waals surface area contributed by atoms with Crippen LogP contribution in [0.1, 0.15) is 49.1 Å². The van der Waals surface area contributed by atoms with Crippen LogP contribution in [0.3, 0.4) is 0 Å². The average molecular weight is 361 g/mol. The molecule has 1 aromatic carbocycles. The average Bonchev–Trinajstić information content (AvgIpc) is 3.34. The highest BCUT2D eigenvalue weighted by atomic mass is 35.5. The third kappa shape index (κ3) is 3.80. The monoisotopic (exact) mass is 360 g/mol. The van der Waals surface area contributed by atoms with E-state index in [-0.39, 0.29) is 24.1 Å². The largest absolute Gasteiger partial charge is 0.352 e. The molecule has 0 spiro atoms. The van der Waals surface area contributed by atoms with Crippen molar-refractivity contribution in [1.82, 2.24) is 10.1 Å². The van der Waals surface area contributed by atoms with Crippen LogP contribution in [0.5, 0.6) is 0 Å². The zero-order valence-corrected chi connectivity index (χ0v) is 15.2. The standard InChI is InChI=1S/C20H24N2O2.ClH/c23-20(16-10-4-5-11-18(16)22-12-6-7-13-22)19-14-17(21-24-19)15-8-2-1-3-9-15;/h1-3,8-9,14,16,18H,4-7,10-13H2;1H. The lowest BCUT2D eigenvalue weighted by Gasteiger charge is -2.36. The summed E-state index contributed by atoms with van der Waals surface area (Å²) in [6.07, 6.45) is 7.00. The van der Waals surface area contributed by atoms with Gasteiger partial charge in [0.25, 0.3) is 0 Å². The molecule has 0 bridgehead atoms. The molecule has 1 aliphatic heterocycles. The van der Waals surface area contributed by atoms with Gasteiger partial charge in [-0.25, -0.2) is 0 Å². The van der Waals surface area contributed by atoms with Crippen molar-refractivity contribution < 1.29 is 9.32 Å². The number of halogens is 1. The highest BCUT2D eigenvalue weighted by Gasteiger charge is 2.37. The van der Waals surface area contributed by atoms with Crippen molar-refractivity contribution in [1.29, 1.82) is 0 Å². The Bertz CT molecular complexity index is 695. The van der Waals surface area contributed by atoms with Crippen molar-refractivity contribution in [3.63, 3.8) is 0 Å². The molecule has 2 fully saturated rings. The quantitative estimate of drug-likeness (QED) is 0.747. The predicted octanol–water partition coefficient (Wildman–Crippen LogP) is 4.60. The molecular weight excluding hydrogens is 336 g/mol. The number of ketones is 1. The molecule has 25 heavy (non-hydrogen) atoms. The minimum atomic E-state index is 0.